The molecule has 0 radical (unpaired) electrons. The van der Waals surface area contributed by atoms with Crippen LogP contribution in [-0.2, 0) is 4.74 Å². The molecule has 90 valence electrons. The third-order valence-electron chi connectivity index (χ3n) is 3.21. The van der Waals surface area contributed by atoms with Crippen molar-refractivity contribution in [3.8, 4) is 0 Å². The van der Waals surface area contributed by atoms with Gasteiger partial charge in [-0.25, -0.2) is 0 Å². The number of ether oxygens (including phenoxy) is 1. The van der Waals surface area contributed by atoms with Crippen molar-refractivity contribution in [1.82, 2.24) is 5.32 Å². The fourth-order valence-electron chi connectivity index (χ4n) is 2.09. The summed E-state index contributed by atoms with van der Waals surface area (Å²) in [5.41, 5.74) is 0. The van der Waals surface area contributed by atoms with E-state index in [1.165, 1.54) is 32.2 Å². The molecule has 1 saturated heterocycles. The van der Waals surface area contributed by atoms with Gasteiger partial charge in [0.25, 0.3) is 0 Å². The van der Waals surface area contributed by atoms with E-state index in [-0.39, 0.29) is 0 Å². The zero-order valence-electron chi connectivity index (χ0n) is 10.6. The summed E-state index contributed by atoms with van der Waals surface area (Å²) in [6.45, 7) is 9.89. The molecule has 0 saturated carbocycles. The van der Waals surface area contributed by atoms with E-state index in [1.54, 1.807) is 0 Å². The molecule has 0 amide bonds. The minimum absolute atomic E-state index is 0.702. The van der Waals surface area contributed by atoms with Gasteiger partial charge < -0.3 is 10.1 Å². The molecule has 1 heterocycles. The van der Waals surface area contributed by atoms with Crippen LogP contribution in [0.3, 0.4) is 0 Å². The van der Waals surface area contributed by atoms with Crippen molar-refractivity contribution >= 4 is 0 Å². The van der Waals surface area contributed by atoms with E-state index in [9.17, 15) is 0 Å². The molecule has 0 spiro atoms. The average Bonchev–Trinajstić information content (AvgIpc) is 2.17. The van der Waals surface area contributed by atoms with Crippen LogP contribution in [0.1, 0.15) is 46.5 Å². The topological polar surface area (TPSA) is 21.3 Å². The van der Waals surface area contributed by atoms with Gasteiger partial charge in [0.2, 0.25) is 0 Å². The van der Waals surface area contributed by atoms with E-state index in [0.717, 1.165) is 25.0 Å². The van der Waals surface area contributed by atoms with Crippen molar-refractivity contribution in [2.24, 2.45) is 11.8 Å². The fraction of sp³-hybridized carbons (Fsp3) is 1.00. The predicted octanol–water partition coefficient (Wildman–Crippen LogP) is 2.83. The first kappa shape index (κ1) is 13.0. The fourth-order valence-corrected chi connectivity index (χ4v) is 2.09. The lowest BCUT2D eigenvalue weighted by Crippen LogP contribution is -2.38. The van der Waals surface area contributed by atoms with E-state index in [4.69, 9.17) is 4.74 Å². The number of piperidine rings is 1. The van der Waals surface area contributed by atoms with Gasteiger partial charge in [-0.05, 0) is 44.1 Å². The lowest BCUT2D eigenvalue weighted by molar-refractivity contribution is 0.109. The monoisotopic (exact) mass is 213 g/mol. The zero-order valence-corrected chi connectivity index (χ0v) is 10.6. The summed E-state index contributed by atoms with van der Waals surface area (Å²) >= 11 is 0. The third-order valence-corrected chi connectivity index (χ3v) is 3.21. The van der Waals surface area contributed by atoms with E-state index in [2.05, 4.69) is 26.1 Å². The van der Waals surface area contributed by atoms with Gasteiger partial charge in [-0.1, -0.05) is 20.8 Å². The standard InChI is InChI=1S/C13H27NO/c1-11(2)5-8-15-9-6-13-10-12(3)4-7-14-13/h11-14H,4-10H2,1-3H3. The quantitative estimate of drug-likeness (QED) is 0.685. The molecular weight excluding hydrogens is 186 g/mol. The van der Waals surface area contributed by atoms with Crippen molar-refractivity contribution in [3.63, 3.8) is 0 Å². The van der Waals surface area contributed by atoms with Crippen LogP contribution in [0.5, 0.6) is 0 Å². The van der Waals surface area contributed by atoms with Gasteiger partial charge in [-0.15, -0.1) is 0 Å². The Morgan fingerprint density at radius 2 is 2.13 bits per heavy atom. The predicted molar refractivity (Wildman–Crippen MR) is 65.1 cm³/mol. The SMILES string of the molecule is CC(C)CCOCCC1CC(C)CCN1. The smallest absolute Gasteiger partial charge is 0.0480 e. The molecule has 15 heavy (non-hydrogen) atoms. The van der Waals surface area contributed by atoms with Gasteiger partial charge >= 0.3 is 0 Å². The van der Waals surface area contributed by atoms with Gasteiger partial charge in [0, 0.05) is 19.3 Å². The number of hydrogen-bond acceptors (Lipinski definition) is 2. The molecule has 0 aliphatic carbocycles. The van der Waals surface area contributed by atoms with E-state index >= 15 is 0 Å². The molecule has 1 N–H and O–H groups in total. The molecule has 2 heteroatoms. The molecule has 0 aromatic carbocycles. The summed E-state index contributed by atoms with van der Waals surface area (Å²) in [6.07, 6.45) is 5.04. The van der Waals surface area contributed by atoms with Crippen molar-refractivity contribution in [2.75, 3.05) is 19.8 Å². The van der Waals surface area contributed by atoms with Crippen LogP contribution in [0.25, 0.3) is 0 Å². The average molecular weight is 213 g/mol. The maximum Gasteiger partial charge on any atom is 0.0480 e. The normalized spacial score (nSPS) is 27.2. The molecule has 1 aliphatic rings. The minimum Gasteiger partial charge on any atom is -0.381 e. The second-order valence-corrected chi connectivity index (χ2v) is 5.36. The van der Waals surface area contributed by atoms with E-state index in [0.29, 0.717) is 6.04 Å². The van der Waals surface area contributed by atoms with E-state index in [1.807, 2.05) is 0 Å². The van der Waals surface area contributed by atoms with Gasteiger partial charge in [-0.2, -0.15) is 0 Å². The van der Waals surface area contributed by atoms with Gasteiger partial charge in [-0.3, -0.25) is 0 Å². The molecule has 2 atom stereocenters. The molecule has 2 nitrogen and oxygen atoms in total. The van der Waals surface area contributed by atoms with Crippen molar-refractivity contribution in [2.45, 2.75) is 52.5 Å². The number of rotatable bonds is 6. The highest BCUT2D eigenvalue weighted by molar-refractivity contribution is 4.75. The summed E-state index contributed by atoms with van der Waals surface area (Å²) in [7, 11) is 0. The first-order valence-corrected chi connectivity index (χ1v) is 6.49. The highest BCUT2D eigenvalue weighted by atomic mass is 16.5. The minimum atomic E-state index is 0.702. The Morgan fingerprint density at radius 3 is 2.80 bits per heavy atom. The second-order valence-electron chi connectivity index (χ2n) is 5.36. The third kappa shape index (κ3) is 6.16. The summed E-state index contributed by atoms with van der Waals surface area (Å²) in [5, 5.41) is 3.57. The Labute approximate surface area is 94.8 Å². The van der Waals surface area contributed by atoms with Crippen LogP contribution in [0, 0.1) is 11.8 Å². The lowest BCUT2D eigenvalue weighted by atomic mass is 9.93. The van der Waals surface area contributed by atoms with Gasteiger partial charge in [0.15, 0.2) is 0 Å². The van der Waals surface area contributed by atoms with Crippen LogP contribution in [-0.4, -0.2) is 25.8 Å². The first-order chi connectivity index (χ1) is 7.18. The molecule has 0 aromatic rings. The van der Waals surface area contributed by atoms with Crippen molar-refractivity contribution in [1.29, 1.82) is 0 Å². The van der Waals surface area contributed by atoms with Crippen LogP contribution in [0.2, 0.25) is 0 Å². The molecule has 0 aromatic heterocycles. The maximum atomic E-state index is 5.64. The molecule has 1 rings (SSSR count). The summed E-state index contributed by atoms with van der Waals surface area (Å²) in [4.78, 5) is 0. The van der Waals surface area contributed by atoms with Crippen LogP contribution in [0.4, 0.5) is 0 Å². The van der Waals surface area contributed by atoms with E-state index < -0.39 is 0 Å². The number of nitrogens with one attached hydrogen (secondary N) is 1. The Hall–Kier alpha value is -0.0800. The molecular formula is C13H27NO. The Bertz CT molecular complexity index is 159. The van der Waals surface area contributed by atoms with Crippen molar-refractivity contribution < 1.29 is 4.74 Å². The van der Waals surface area contributed by atoms with Gasteiger partial charge in [0.1, 0.15) is 0 Å². The second kappa shape index (κ2) is 7.24. The highest BCUT2D eigenvalue weighted by Gasteiger charge is 2.17. The molecule has 2 unspecified atom stereocenters. The van der Waals surface area contributed by atoms with Crippen LogP contribution >= 0.6 is 0 Å². The van der Waals surface area contributed by atoms with Crippen molar-refractivity contribution in [3.05, 3.63) is 0 Å². The zero-order chi connectivity index (χ0) is 11.1. The maximum absolute atomic E-state index is 5.64. The molecule has 1 fully saturated rings. The summed E-state index contributed by atoms with van der Waals surface area (Å²) in [5.74, 6) is 1.66. The Balaban J connectivity index is 1.95. The van der Waals surface area contributed by atoms with Crippen LogP contribution in [0.15, 0.2) is 0 Å². The molecule has 1 aliphatic heterocycles. The molecule has 0 bridgehead atoms. The highest BCUT2D eigenvalue weighted by Crippen LogP contribution is 2.16. The van der Waals surface area contributed by atoms with Gasteiger partial charge in [0.05, 0.1) is 0 Å². The Morgan fingerprint density at radius 1 is 1.33 bits per heavy atom. The largest absolute Gasteiger partial charge is 0.381 e. The summed E-state index contributed by atoms with van der Waals surface area (Å²) < 4.78 is 5.64. The lowest BCUT2D eigenvalue weighted by Gasteiger charge is -2.28. The number of hydrogen-bond donors (Lipinski definition) is 1. The first-order valence-electron chi connectivity index (χ1n) is 6.49. The Kier molecular flexibility index (Phi) is 6.26. The van der Waals surface area contributed by atoms with Crippen LogP contribution < -0.4 is 5.32 Å². The summed E-state index contributed by atoms with van der Waals surface area (Å²) in [6, 6.07) is 0.702.